The van der Waals surface area contributed by atoms with Gasteiger partial charge in [0.15, 0.2) is 0 Å². The molecular formula is C20H20N2O4S2. The molecule has 2 aromatic heterocycles. The molecule has 1 saturated heterocycles. The van der Waals surface area contributed by atoms with Crippen LogP contribution in [0.3, 0.4) is 0 Å². The molecule has 3 aromatic rings. The van der Waals surface area contributed by atoms with Gasteiger partial charge in [0.1, 0.15) is 17.0 Å². The third-order valence-electron chi connectivity index (χ3n) is 4.54. The van der Waals surface area contributed by atoms with Crippen LogP contribution in [0.15, 0.2) is 52.7 Å². The second-order valence-electron chi connectivity index (χ2n) is 6.54. The Balaban J connectivity index is 1.40. The second kappa shape index (κ2) is 8.81. The first kappa shape index (κ1) is 19.0. The molecule has 8 heteroatoms. The quantitative estimate of drug-likeness (QED) is 0.655. The molecule has 1 amide bonds. The van der Waals surface area contributed by atoms with Gasteiger partial charge >= 0.3 is 0 Å². The van der Waals surface area contributed by atoms with Crippen molar-refractivity contribution in [3.8, 4) is 10.6 Å². The first-order valence-corrected chi connectivity index (χ1v) is 11.3. The number of rotatable bonds is 6. The normalized spacial score (nSPS) is 16.0. The van der Waals surface area contributed by atoms with Gasteiger partial charge in [0, 0.05) is 51.6 Å². The summed E-state index contributed by atoms with van der Waals surface area (Å²) in [7, 11) is -0.941. The molecule has 0 radical (unpaired) electrons. The summed E-state index contributed by atoms with van der Waals surface area (Å²) in [5.41, 5.74) is 2.82. The number of furan rings is 1. The van der Waals surface area contributed by atoms with E-state index in [1.54, 1.807) is 17.9 Å². The fourth-order valence-corrected chi connectivity index (χ4v) is 5.30. The molecule has 146 valence electrons. The van der Waals surface area contributed by atoms with Crippen molar-refractivity contribution in [3.05, 3.63) is 59.5 Å². The van der Waals surface area contributed by atoms with E-state index in [0.29, 0.717) is 30.3 Å². The van der Waals surface area contributed by atoms with Crippen molar-refractivity contribution in [2.45, 2.75) is 23.8 Å². The number of anilines is 1. The molecule has 0 spiro atoms. The third-order valence-corrected chi connectivity index (χ3v) is 7.26. The number of carbonyl (C=O) groups excluding carboxylic acids is 1. The molecule has 0 saturated carbocycles. The molecule has 4 rings (SSSR count). The Labute approximate surface area is 169 Å². The summed E-state index contributed by atoms with van der Waals surface area (Å²) in [4.78, 5) is 16.9. The van der Waals surface area contributed by atoms with Crippen LogP contribution < -0.4 is 5.32 Å². The van der Waals surface area contributed by atoms with Gasteiger partial charge in [-0.3, -0.25) is 9.00 Å². The Kier molecular flexibility index (Phi) is 5.99. The van der Waals surface area contributed by atoms with Crippen LogP contribution >= 0.6 is 11.3 Å². The summed E-state index contributed by atoms with van der Waals surface area (Å²) >= 11 is 1.39. The van der Waals surface area contributed by atoms with Crippen LogP contribution in [0.1, 0.15) is 28.9 Å². The van der Waals surface area contributed by atoms with Crippen molar-refractivity contribution in [3.63, 3.8) is 0 Å². The van der Waals surface area contributed by atoms with Crippen molar-refractivity contribution in [1.29, 1.82) is 0 Å². The first-order chi connectivity index (χ1) is 13.7. The molecule has 1 aliphatic rings. The molecule has 28 heavy (non-hydrogen) atoms. The van der Waals surface area contributed by atoms with E-state index < -0.39 is 10.8 Å². The lowest BCUT2D eigenvalue weighted by molar-refractivity contribution is 0.0991. The summed E-state index contributed by atoms with van der Waals surface area (Å²) in [5.74, 6) is 0.212. The Morgan fingerprint density at radius 2 is 2.14 bits per heavy atom. The Morgan fingerprint density at radius 3 is 2.93 bits per heavy atom. The molecule has 0 aliphatic carbocycles. The summed E-state index contributed by atoms with van der Waals surface area (Å²) in [6, 6.07) is 9.31. The first-order valence-electron chi connectivity index (χ1n) is 9.02. The number of nitrogens with one attached hydrogen (secondary N) is 1. The molecule has 1 fully saturated rings. The zero-order valence-corrected chi connectivity index (χ0v) is 16.8. The number of hydrogen-bond donors (Lipinski definition) is 1. The van der Waals surface area contributed by atoms with E-state index in [0.717, 1.165) is 29.0 Å². The van der Waals surface area contributed by atoms with Gasteiger partial charge in [-0.1, -0.05) is 12.1 Å². The van der Waals surface area contributed by atoms with Crippen LogP contribution in [0.5, 0.6) is 0 Å². The predicted molar refractivity (Wildman–Crippen MR) is 110 cm³/mol. The number of amides is 1. The van der Waals surface area contributed by atoms with E-state index in [1.807, 2.05) is 30.3 Å². The molecule has 1 N–H and O–H groups in total. The van der Waals surface area contributed by atoms with E-state index in [1.165, 1.54) is 11.3 Å². The lowest BCUT2D eigenvalue weighted by atomic mass is 10.2. The highest BCUT2D eigenvalue weighted by molar-refractivity contribution is 7.84. The predicted octanol–water partition coefficient (Wildman–Crippen LogP) is 4.08. The third kappa shape index (κ3) is 4.57. The van der Waals surface area contributed by atoms with E-state index in [4.69, 9.17) is 9.15 Å². The zero-order chi connectivity index (χ0) is 19.3. The van der Waals surface area contributed by atoms with E-state index in [2.05, 4.69) is 10.3 Å². The van der Waals surface area contributed by atoms with Gasteiger partial charge in [0.25, 0.3) is 5.91 Å². The minimum atomic E-state index is -0.941. The Bertz CT molecular complexity index is 962. The van der Waals surface area contributed by atoms with Gasteiger partial charge < -0.3 is 14.5 Å². The molecule has 3 heterocycles. The lowest BCUT2D eigenvalue weighted by Crippen LogP contribution is -2.25. The van der Waals surface area contributed by atoms with Gasteiger partial charge in [0.05, 0.1) is 6.26 Å². The molecular weight excluding hydrogens is 396 g/mol. The van der Waals surface area contributed by atoms with Gasteiger partial charge in [-0.05, 0) is 36.6 Å². The summed E-state index contributed by atoms with van der Waals surface area (Å²) in [6.07, 6.45) is 4.85. The molecule has 1 unspecified atom stereocenters. The number of carbonyl (C=O) groups is 1. The van der Waals surface area contributed by atoms with Crippen LogP contribution in [0.2, 0.25) is 0 Å². The van der Waals surface area contributed by atoms with E-state index in [9.17, 15) is 9.00 Å². The lowest BCUT2D eigenvalue weighted by Gasteiger charge is -2.21. The van der Waals surface area contributed by atoms with Crippen LogP contribution in [0.4, 0.5) is 5.69 Å². The van der Waals surface area contributed by atoms with Gasteiger partial charge in [-0.15, -0.1) is 11.3 Å². The fourth-order valence-electron chi connectivity index (χ4n) is 3.05. The number of benzene rings is 1. The van der Waals surface area contributed by atoms with Gasteiger partial charge in [0.2, 0.25) is 0 Å². The standard InChI is InChI=1S/C20H20N2O4S2/c23-19(18-12-27-20(22-18)15-4-7-26-11-15)21-16-3-1-2-14(10-16)13-28(24)17-5-8-25-9-6-17/h1-4,7,10-12,17H,5-6,8-9,13H2,(H,21,23). The van der Waals surface area contributed by atoms with Crippen molar-refractivity contribution in [2.75, 3.05) is 18.5 Å². The highest BCUT2D eigenvalue weighted by Gasteiger charge is 2.20. The highest BCUT2D eigenvalue weighted by Crippen LogP contribution is 2.25. The van der Waals surface area contributed by atoms with Crippen LogP contribution in [0, 0.1) is 0 Å². The summed E-state index contributed by atoms with van der Waals surface area (Å²) in [5, 5.41) is 5.52. The average Bonchev–Trinajstić information content (AvgIpc) is 3.41. The molecule has 1 atom stereocenters. The maximum atomic E-state index is 12.6. The number of ether oxygens (including phenoxy) is 1. The van der Waals surface area contributed by atoms with Crippen molar-refractivity contribution in [1.82, 2.24) is 4.98 Å². The summed E-state index contributed by atoms with van der Waals surface area (Å²) in [6.45, 7) is 1.36. The van der Waals surface area contributed by atoms with Crippen LogP contribution in [0.25, 0.3) is 10.6 Å². The number of hydrogen-bond acceptors (Lipinski definition) is 6. The SMILES string of the molecule is O=C(Nc1cccc(CS(=O)C2CCOCC2)c1)c1csc(-c2ccoc2)n1. The monoisotopic (exact) mass is 416 g/mol. The second-order valence-corrected chi connectivity index (χ2v) is 9.12. The average molecular weight is 417 g/mol. The zero-order valence-electron chi connectivity index (χ0n) is 15.1. The number of nitrogens with zero attached hydrogens (tertiary/aromatic N) is 1. The Hall–Kier alpha value is -2.29. The topological polar surface area (TPSA) is 81.4 Å². The Morgan fingerprint density at radius 1 is 1.29 bits per heavy atom. The van der Waals surface area contributed by atoms with Gasteiger partial charge in [-0.25, -0.2) is 4.98 Å². The molecule has 0 bridgehead atoms. The van der Waals surface area contributed by atoms with Crippen molar-refractivity contribution < 1.29 is 18.2 Å². The van der Waals surface area contributed by atoms with Crippen molar-refractivity contribution >= 4 is 33.7 Å². The molecule has 1 aromatic carbocycles. The maximum Gasteiger partial charge on any atom is 0.275 e. The number of thiazole rings is 1. The van der Waals surface area contributed by atoms with E-state index >= 15 is 0 Å². The maximum absolute atomic E-state index is 12.6. The number of aromatic nitrogens is 1. The highest BCUT2D eigenvalue weighted by atomic mass is 32.2. The summed E-state index contributed by atoms with van der Waals surface area (Å²) < 4.78 is 23.0. The van der Waals surface area contributed by atoms with E-state index in [-0.39, 0.29) is 11.2 Å². The van der Waals surface area contributed by atoms with Crippen LogP contribution in [-0.4, -0.2) is 33.6 Å². The van der Waals surface area contributed by atoms with Crippen LogP contribution in [-0.2, 0) is 21.3 Å². The molecule has 6 nitrogen and oxygen atoms in total. The minimum Gasteiger partial charge on any atom is -0.472 e. The fraction of sp³-hybridized carbons (Fsp3) is 0.300. The molecule has 1 aliphatic heterocycles. The largest absolute Gasteiger partial charge is 0.472 e. The minimum absolute atomic E-state index is 0.184. The smallest absolute Gasteiger partial charge is 0.275 e. The van der Waals surface area contributed by atoms with Gasteiger partial charge in [-0.2, -0.15) is 0 Å². The van der Waals surface area contributed by atoms with Crippen molar-refractivity contribution in [2.24, 2.45) is 0 Å².